The third kappa shape index (κ3) is 3.90. The molecule has 0 fully saturated rings. The summed E-state index contributed by atoms with van der Waals surface area (Å²) in [4.78, 5) is 4.66. The van der Waals surface area contributed by atoms with Crippen molar-refractivity contribution in [2.75, 3.05) is 11.9 Å². The summed E-state index contributed by atoms with van der Waals surface area (Å²) in [6, 6.07) is 7.79. The Morgan fingerprint density at radius 2 is 2.08 bits per heavy atom. The molecule has 1 aliphatic rings. The van der Waals surface area contributed by atoms with Crippen molar-refractivity contribution in [2.45, 2.75) is 45.6 Å². The van der Waals surface area contributed by atoms with Crippen LogP contribution in [0.15, 0.2) is 41.2 Å². The zero-order chi connectivity index (χ0) is 17.9. The van der Waals surface area contributed by atoms with E-state index >= 15 is 0 Å². The molecule has 1 unspecified atom stereocenters. The summed E-state index contributed by atoms with van der Waals surface area (Å²) < 4.78 is 11.2. The van der Waals surface area contributed by atoms with Crippen LogP contribution in [-0.2, 0) is 10.3 Å². The third-order valence-corrected chi connectivity index (χ3v) is 4.95. The highest BCUT2D eigenvalue weighted by Crippen LogP contribution is 2.43. The van der Waals surface area contributed by atoms with E-state index in [1.54, 1.807) is 0 Å². The molecule has 1 aromatic carbocycles. The highest BCUT2D eigenvalue weighted by molar-refractivity contribution is 7.13. The lowest BCUT2D eigenvalue weighted by Crippen LogP contribution is -2.21. The van der Waals surface area contributed by atoms with Crippen LogP contribution in [0.1, 0.15) is 45.7 Å². The van der Waals surface area contributed by atoms with Crippen LogP contribution in [0.25, 0.3) is 0 Å². The van der Waals surface area contributed by atoms with E-state index in [4.69, 9.17) is 9.47 Å². The summed E-state index contributed by atoms with van der Waals surface area (Å²) in [5, 5.41) is 16.1. The molecule has 1 aromatic heterocycles. The number of thiazole rings is 1. The Hall–Kier alpha value is -2.21. The van der Waals surface area contributed by atoms with Gasteiger partial charge in [0.25, 0.3) is 5.95 Å². The van der Waals surface area contributed by atoms with Gasteiger partial charge in [0, 0.05) is 23.1 Å². The van der Waals surface area contributed by atoms with Crippen LogP contribution in [0, 0.1) is 0 Å². The van der Waals surface area contributed by atoms with Crippen LogP contribution in [-0.4, -0.2) is 16.7 Å². The molecule has 134 valence electrons. The van der Waals surface area contributed by atoms with E-state index < -0.39 is 5.60 Å². The van der Waals surface area contributed by atoms with Gasteiger partial charge >= 0.3 is 0 Å². The van der Waals surface area contributed by atoms with E-state index in [0.29, 0.717) is 13.0 Å². The zero-order valence-corrected chi connectivity index (χ0v) is 15.7. The number of anilines is 2. The Balaban J connectivity index is 1.68. The fraction of sp³-hybridized carbons (Fsp3) is 0.421. The molecule has 2 aromatic rings. The van der Waals surface area contributed by atoms with Crippen molar-refractivity contribution in [3.05, 3.63) is 46.9 Å². The predicted molar refractivity (Wildman–Crippen MR) is 101 cm³/mol. The quantitative estimate of drug-likeness (QED) is 0.683. The van der Waals surface area contributed by atoms with Crippen LogP contribution in [0.3, 0.4) is 0 Å². The summed E-state index contributed by atoms with van der Waals surface area (Å²) in [7, 11) is 0. The van der Waals surface area contributed by atoms with Crippen molar-refractivity contribution in [1.82, 2.24) is 4.98 Å². The monoisotopic (exact) mass is 360 g/mol. The zero-order valence-electron chi connectivity index (χ0n) is 14.8. The minimum atomic E-state index is -0.593. The molecule has 1 atom stereocenters. The number of aliphatic hydroxyl groups is 1. The molecular weight excluding hydrogens is 336 g/mol. The molecule has 0 amide bonds. The minimum Gasteiger partial charge on any atom is -0.494 e. The molecule has 0 aliphatic carbocycles. The predicted octanol–water partition coefficient (Wildman–Crippen LogP) is 5.49. The number of hydrogen-bond acceptors (Lipinski definition) is 6. The molecule has 5 nitrogen and oxygen atoms in total. The maximum Gasteiger partial charge on any atom is 0.276 e. The lowest BCUT2D eigenvalue weighted by molar-refractivity contribution is -0.0194. The number of nitrogens with one attached hydrogen (secondary N) is 1. The normalized spacial score (nSPS) is 19.8. The second-order valence-corrected chi connectivity index (χ2v) is 7.15. The SMILES string of the molecule is CCCC1=C(O)OC(C)(c2csc(Nc3ccc(OCC)cc3)n2)C1. The van der Waals surface area contributed by atoms with Gasteiger partial charge in [0.05, 0.1) is 12.3 Å². The average Bonchev–Trinajstić information content (AvgIpc) is 3.16. The lowest BCUT2D eigenvalue weighted by atomic mass is 9.94. The number of nitrogens with zero attached hydrogens (tertiary/aromatic N) is 1. The van der Waals surface area contributed by atoms with E-state index in [-0.39, 0.29) is 5.95 Å². The Morgan fingerprint density at radius 3 is 2.76 bits per heavy atom. The molecule has 3 rings (SSSR count). The number of aromatic nitrogens is 1. The maximum absolute atomic E-state index is 10.0. The fourth-order valence-corrected chi connectivity index (χ4v) is 3.80. The topological polar surface area (TPSA) is 63.6 Å². The molecule has 0 saturated carbocycles. The third-order valence-electron chi connectivity index (χ3n) is 4.19. The van der Waals surface area contributed by atoms with Gasteiger partial charge in [-0.3, -0.25) is 0 Å². The first-order valence-electron chi connectivity index (χ1n) is 8.60. The first-order valence-corrected chi connectivity index (χ1v) is 9.48. The van der Waals surface area contributed by atoms with Crippen LogP contribution in [0.2, 0.25) is 0 Å². The standard InChI is InChI=1S/C19H24N2O3S/c1-4-6-13-11-19(3,24-17(13)22)16-12-25-18(21-16)20-14-7-9-15(10-8-14)23-5-2/h7-10,12,22H,4-6,11H2,1-3H3,(H,20,21). The van der Waals surface area contributed by atoms with Gasteiger partial charge in [-0.1, -0.05) is 13.3 Å². The van der Waals surface area contributed by atoms with Crippen LogP contribution < -0.4 is 10.1 Å². The Morgan fingerprint density at radius 1 is 1.32 bits per heavy atom. The summed E-state index contributed by atoms with van der Waals surface area (Å²) in [5.41, 5.74) is 2.17. The van der Waals surface area contributed by atoms with Gasteiger partial charge in [-0.05, 0) is 44.5 Å². The van der Waals surface area contributed by atoms with E-state index in [0.717, 1.165) is 40.7 Å². The molecule has 0 saturated heterocycles. The molecule has 1 aliphatic heterocycles. The molecular formula is C19H24N2O3S. The van der Waals surface area contributed by atoms with Crippen LogP contribution in [0.4, 0.5) is 10.8 Å². The van der Waals surface area contributed by atoms with E-state index in [2.05, 4.69) is 17.2 Å². The largest absolute Gasteiger partial charge is 0.494 e. The molecule has 0 bridgehead atoms. The van der Waals surface area contributed by atoms with Gasteiger partial charge in [0.1, 0.15) is 5.75 Å². The van der Waals surface area contributed by atoms with Crippen molar-refractivity contribution < 1.29 is 14.6 Å². The molecule has 0 radical (unpaired) electrons. The molecule has 2 heterocycles. The molecule has 2 N–H and O–H groups in total. The van der Waals surface area contributed by atoms with Crippen molar-refractivity contribution in [2.24, 2.45) is 0 Å². The van der Waals surface area contributed by atoms with Gasteiger partial charge < -0.3 is 19.9 Å². The van der Waals surface area contributed by atoms with E-state index in [1.165, 1.54) is 11.3 Å². The van der Waals surface area contributed by atoms with Crippen molar-refractivity contribution in [3.8, 4) is 5.75 Å². The van der Waals surface area contributed by atoms with E-state index in [9.17, 15) is 5.11 Å². The number of benzene rings is 1. The Bertz CT molecular complexity index is 754. The summed E-state index contributed by atoms with van der Waals surface area (Å²) in [6.45, 7) is 6.69. The van der Waals surface area contributed by atoms with E-state index in [1.807, 2.05) is 43.5 Å². The summed E-state index contributed by atoms with van der Waals surface area (Å²) in [5.74, 6) is 0.920. The Labute approximate surface area is 152 Å². The van der Waals surface area contributed by atoms with Gasteiger partial charge in [-0.2, -0.15) is 0 Å². The van der Waals surface area contributed by atoms with Crippen LogP contribution >= 0.6 is 11.3 Å². The first-order chi connectivity index (χ1) is 12.0. The Kier molecular flexibility index (Phi) is 5.18. The van der Waals surface area contributed by atoms with Crippen molar-refractivity contribution >= 4 is 22.2 Å². The second-order valence-electron chi connectivity index (χ2n) is 6.29. The highest BCUT2D eigenvalue weighted by Gasteiger charge is 2.40. The van der Waals surface area contributed by atoms with Crippen molar-refractivity contribution in [3.63, 3.8) is 0 Å². The maximum atomic E-state index is 10.0. The van der Waals surface area contributed by atoms with Gasteiger partial charge in [-0.25, -0.2) is 4.98 Å². The second kappa shape index (κ2) is 7.35. The van der Waals surface area contributed by atoms with Gasteiger partial charge in [0.15, 0.2) is 10.7 Å². The van der Waals surface area contributed by atoms with Crippen molar-refractivity contribution in [1.29, 1.82) is 0 Å². The number of rotatable bonds is 7. The number of hydrogen-bond donors (Lipinski definition) is 2. The average molecular weight is 360 g/mol. The molecule has 6 heteroatoms. The smallest absolute Gasteiger partial charge is 0.276 e. The summed E-state index contributed by atoms with van der Waals surface area (Å²) in [6.07, 6.45) is 2.52. The summed E-state index contributed by atoms with van der Waals surface area (Å²) >= 11 is 1.53. The number of ether oxygens (including phenoxy) is 2. The van der Waals surface area contributed by atoms with Gasteiger partial charge in [0.2, 0.25) is 0 Å². The fourth-order valence-electron chi connectivity index (χ4n) is 2.94. The highest BCUT2D eigenvalue weighted by atomic mass is 32.1. The van der Waals surface area contributed by atoms with Crippen LogP contribution in [0.5, 0.6) is 5.75 Å². The van der Waals surface area contributed by atoms with Gasteiger partial charge in [-0.15, -0.1) is 11.3 Å². The molecule has 0 spiro atoms. The first kappa shape index (κ1) is 17.6. The lowest BCUT2D eigenvalue weighted by Gasteiger charge is -2.21. The minimum absolute atomic E-state index is 0.0679. The molecule has 25 heavy (non-hydrogen) atoms. The number of aliphatic hydroxyl groups excluding tert-OH is 1.